The molecule has 116 valence electrons. The van der Waals surface area contributed by atoms with Gasteiger partial charge in [-0.05, 0) is 17.7 Å². The van der Waals surface area contributed by atoms with Crippen molar-refractivity contribution in [1.29, 1.82) is 0 Å². The quantitative estimate of drug-likeness (QED) is 0.725. The maximum atomic E-state index is 11.7. The van der Waals surface area contributed by atoms with Crippen LogP contribution in [0.15, 0.2) is 41.4 Å². The Labute approximate surface area is 126 Å². The summed E-state index contributed by atoms with van der Waals surface area (Å²) in [6, 6.07) is 4.35. The highest BCUT2D eigenvalue weighted by Crippen LogP contribution is 2.41. The lowest BCUT2D eigenvalue weighted by Gasteiger charge is -2.34. The van der Waals surface area contributed by atoms with Gasteiger partial charge in [0.05, 0.1) is 24.9 Å². The van der Waals surface area contributed by atoms with Gasteiger partial charge in [0.2, 0.25) is 0 Å². The lowest BCUT2D eigenvalue weighted by Crippen LogP contribution is -2.32. The Kier molecular flexibility index (Phi) is 3.54. The molecule has 3 N–H and O–H groups in total. The number of rotatable bonds is 2. The number of phenolic OH excluding ortho intramolecular Hbond substituents is 2. The van der Waals surface area contributed by atoms with Gasteiger partial charge in [-0.2, -0.15) is 0 Å². The van der Waals surface area contributed by atoms with Crippen molar-refractivity contribution in [3.8, 4) is 11.5 Å². The number of ether oxygens (including phenoxy) is 2. The second kappa shape index (κ2) is 5.38. The van der Waals surface area contributed by atoms with Crippen LogP contribution in [0.1, 0.15) is 24.5 Å². The van der Waals surface area contributed by atoms with Crippen molar-refractivity contribution in [1.82, 2.24) is 0 Å². The van der Waals surface area contributed by atoms with Gasteiger partial charge in [0, 0.05) is 18.9 Å². The molecule has 2 aliphatic rings. The van der Waals surface area contributed by atoms with Gasteiger partial charge in [0.15, 0.2) is 17.3 Å². The molecule has 6 nitrogen and oxygen atoms in total. The molecule has 6 heteroatoms. The van der Waals surface area contributed by atoms with Crippen LogP contribution >= 0.6 is 0 Å². The van der Waals surface area contributed by atoms with Gasteiger partial charge in [-0.3, -0.25) is 4.79 Å². The van der Waals surface area contributed by atoms with E-state index in [1.165, 1.54) is 25.3 Å². The van der Waals surface area contributed by atoms with Gasteiger partial charge >= 0.3 is 0 Å². The minimum absolute atomic E-state index is 0.106. The van der Waals surface area contributed by atoms with Gasteiger partial charge in [-0.15, -0.1) is 0 Å². The molecule has 1 aromatic carbocycles. The van der Waals surface area contributed by atoms with Gasteiger partial charge in [0.25, 0.3) is 0 Å². The second-order valence-corrected chi connectivity index (χ2v) is 5.31. The van der Waals surface area contributed by atoms with Gasteiger partial charge in [0.1, 0.15) is 11.5 Å². The Morgan fingerprint density at radius 1 is 1.14 bits per heavy atom. The molecule has 1 aliphatic heterocycles. The summed E-state index contributed by atoms with van der Waals surface area (Å²) in [4.78, 5) is 11.7. The number of aliphatic hydroxyl groups excluding tert-OH is 1. The molecule has 0 aromatic heterocycles. The van der Waals surface area contributed by atoms with E-state index >= 15 is 0 Å². The number of ketones is 1. The first-order chi connectivity index (χ1) is 10.5. The third-order valence-electron chi connectivity index (χ3n) is 3.88. The molecule has 2 unspecified atom stereocenters. The summed E-state index contributed by atoms with van der Waals surface area (Å²) >= 11 is 0. The molecule has 2 atom stereocenters. The van der Waals surface area contributed by atoms with Gasteiger partial charge in [-0.25, -0.2) is 0 Å². The van der Waals surface area contributed by atoms with Gasteiger partial charge < -0.3 is 24.8 Å². The van der Waals surface area contributed by atoms with Crippen LogP contribution in [0.25, 0.3) is 0 Å². The van der Waals surface area contributed by atoms with Crippen molar-refractivity contribution < 1.29 is 29.6 Å². The van der Waals surface area contributed by atoms with E-state index in [1.54, 1.807) is 6.07 Å². The van der Waals surface area contributed by atoms with Crippen LogP contribution in [0.5, 0.6) is 11.5 Å². The summed E-state index contributed by atoms with van der Waals surface area (Å²) in [6.45, 7) is 0. The van der Waals surface area contributed by atoms with Crippen LogP contribution in [0.4, 0.5) is 0 Å². The van der Waals surface area contributed by atoms with Crippen molar-refractivity contribution in [3.63, 3.8) is 0 Å². The van der Waals surface area contributed by atoms with E-state index in [4.69, 9.17) is 9.47 Å². The van der Waals surface area contributed by atoms with Gasteiger partial charge in [-0.1, -0.05) is 6.07 Å². The number of carbonyl (C=O) groups is 1. The number of fused-ring (bicyclic) bond motifs is 1. The van der Waals surface area contributed by atoms with Crippen LogP contribution in [0, 0.1) is 0 Å². The molecule has 0 saturated carbocycles. The van der Waals surface area contributed by atoms with E-state index in [9.17, 15) is 20.1 Å². The number of aromatic hydroxyl groups is 2. The Hall–Kier alpha value is -2.47. The van der Waals surface area contributed by atoms with Crippen molar-refractivity contribution in [3.05, 3.63) is 46.9 Å². The number of aliphatic hydroxyl groups is 1. The summed E-state index contributed by atoms with van der Waals surface area (Å²) in [6.07, 6.45) is 0.599. The van der Waals surface area contributed by atoms with Crippen LogP contribution in [0.2, 0.25) is 0 Å². The van der Waals surface area contributed by atoms with E-state index in [0.717, 1.165) is 0 Å². The molecule has 0 spiro atoms. The second-order valence-electron chi connectivity index (χ2n) is 5.31. The molecule has 1 aliphatic carbocycles. The molecule has 1 aromatic rings. The lowest BCUT2D eigenvalue weighted by atomic mass is 9.89. The third-order valence-corrected chi connectivity index (χ3v) is 3.88. The van der Waals surface area contributed by atoms with Crippen LogP contribution in [0.3, 0.4) is 0 Å². The fourth-order valence-electron chi connectivity index (χ4n) is 2.81. The Morgan fingerprint density at radius 2 is 1.91 bits per heavy atom. The molecule has 0 bridgehead atoms. The molecule has 1 heterocycles. The molecular formula is C16H16O6. The summed E-state index contributed by atoms with van der Waals surface area (Å²) in [7, 11) is 1.44. The predicted octanol–water partition coefficient (Wildman–Crippen LogP) is 2.24. The zero-order chi connectivity index (χ0) is 15.9. The highest BCUT2D eigenvalue weighted by atomic mass is 16.5. The van der Waals surface area contributed by atoms with E-state index in [0.29, 0.717) is 16.9 Å². The Morgan fingerprint density at radius 3 is 2.59 bits per heavy atom. The highest BCUT2D eigenvalue weighted by Gasteiger charge is 2.37. The highest BCUT2D eigenvalue weighted by molar-refractivity contribution is 5.93. The topological polar surface area (TPSA) is 96.2 Å². The summed E-state index contributed by atoms with van der Waals surface area (Å²) in [5, 5.41) is 29.3. The molecule has 0 amide bonds. The zero-order valence-electron chi connectivity index (χ0n) is 11.9. The molecule has 3 rings (SSSR count). The lowest BCUT2D eigenvalue weighted by molar-refractivity contribution is -0.119. The number of phenols is 2. The maximum Gasteiger partial charge on any atom is 0.162 e. The fraction of sp³-hybridized carbons (Fsp3) is 0.312. The zero-order valence-corrected chi connectivity index (χ0v) is 11.9. The van der Waals surface area contributed by atoms with Crippen molar-refractivity contribution in [2.75, 3.05) is 7.11 Å². The molecule has 0 fully saturated rings. The standard InChI is InChI=1S/C16H16O6/c1-21-14-5-9(17)6-15-16(14)12(20)7-13(22-15)8-2-3-10(18)11(19)4-8/h2-5,13,15,18-20H,6-7H2,1H3. The number of allylic oxidation sites excluding steroid dienone is 1. The smallest absolute Gasteiger partial charge is 0.162 e. The first-order valence-electron chi connectivity index (χ1n) is 6.88. The van der Waals surface area contributed by atoms with E-state index in [-0.39, 0.29) is 35.9 Å². The first-order valence-corrected chi connectivity index (χ1v) is 6.88. The molecule has 22 heavy (non-hydrogen) atoms. The number of carbonyl (C=O) groups excluding carboxylic acids is 1. The average Bonchev–Trinajstić information content (AvgIpc) is 2.48. The minimum atomic E-state index is -0.581. The van der Waals surface area contributed by atoms with E-state index < -0.39 is 12.2 Å². The monoisotopic (exact) mass is 304 g/mol. The largest absolute Gasteiger partial charge is 0.512 e. The van der Waals surface area contributed by atoms with Crippen molar-refractivity contribution in [2.24, 2.45) is 0 Å². The van der Waals surface area contributed by atoms with Crippen molar-refractivity contribution in [2.45, 2.75) is 25.0 Å². The van der Waals surface area contributed by atoms with Crippen LogP contribution < -0.4 is 0 Å². The Balaban J connectivity index is 1.95. The minimum Gasteiger partial charge on any atom is -0.512 e. The number of benzene rings is 1. The molecule has 0 saturated heterocycles. The molecular weight excluding hydrogens is 288 g/mol. The van der Waals surface area contributed by atoms with Crippen LogP contribution in [-0.2, 0) is 14.3 Å². The molecule has 0 radical (unpaired) electrons. The summed E-state index contributed by atoms with van der Waals surface area (Å²) in [5.74, 6) is -0.183. The SMILES string of the molecule is COC1=CC(=O)CC2OC(c3ccc(O)c(O)c3)CC(O)=C12. The summed E-state index contributed by atoms with van der Waals surface area (Å²) < 4.78 is 11.0. The predicted molar refractivity (Wildman–Crippen MR) is 76.4 cm³/mol. The first kappa shape index (κ1) is 14.5. The number of hydrogen-bond acceptors (Lipinski definition) is 6. The van der Waals surface area contributed by atoms with Crippen LogP contribution in [-0.4, -0.2) is 34.3 Å². The maximum absolute atomic E-state index is 11.7. The van der Waals surface area contributed by atoms with Crippen molar-refractivity contribution >= 4 is 5.78 Å². The number of hydrogen-bond donors (Lipinski definition) is 3. The van der Waals surface area contributed by atoms with E-state index in [2.05, 4.69) is 0 Å². The average molecular weight is 304 g/mol. The third kappa shape index (κ3) is 2.42. The van der Waals surface area contributed by atoms with E-state index in [1.807, 2.05) is 0 Å². The Bertz CT molecular complexity index is 688. The fourth-order valence-corrected chi connectivity index (χ4v) is 2.81. The summed E-state index contributed by atoms with van der Waals surface area (Å²) in [5.41, 5.74) is 1.11. The normalized spacial score (nSPS) is 24.8. The number of methoxy groups -OCH3 is 1.